The smallest absolute Gasteiger partial charge is 0.416 e. The monoisotopic (exact) mass is 536 g/mol. The molecule has 3 rings (SSSR count). The van der Waals surface area contributed by atoms with Crippen LogP contribution in [0.25, 0.3) is 0 Å². The zero-order chi connectivity index (χ0) is 27.5. The van der Waals surface area contributed by atoms with Gasteiger partial charge in [-0.1, -0.05) is 21.2 Å². The predicted octanol–water partition coefficient (Wildman–Crippen LogP) is 6.34. The molecule has 3 aromatic carbocycles. The van der Waals surface area contributed by atoms with E-state index in [2.05, 4.69) is 0 Å². The highest BCUT2D eigenvalue weighted by Gasteiger charge is 2.33. The Bertz CT molecular complexity index is 1340. The second-order valence-corrected chi connectivity index (χ2v) is 13.8. The molecule has 0 fully saturated rings. The average Bonchev–Trinajstić information content (AvgIpc) is 2.81. The first kappa shape index (κ1) is 28.2. The molecule has 0 bridgehead atoms. The summed E-state index contributed by atoms with van der Waals surface area (Å²) in [4.78, 5) is 12.9. The van der Waals surface area contributed by atoms with Gasteiger partial charge >= 0.3 is 12.1 Å². The van der Waals surface area contributed by atoms with Crippen molar-refractivity contribution in [2.24, 2.45) is 0 Å². The molecule has 37 heavy (non-hydrogen) atoms. The van der Waals surface area contributed by atoms with E-state index in [1.165, 1.54) is 12.1 Å². The second-order valence-electron chi connectivity index (χ2n) is 9.26. The van der Waals surface area contributed by atoms with Crippen LogP contribution in [0.15, 0.2) is 70.5 Å². The average molecular weight is 537 g/mol. The standard InChI is InChI=1S/C28H31F3O5S/c1-6-34-27(32)18-36-25-13-12-24(16-19(25)2)37(4,5,33)26-14-11-23(15-20(26)3)35-17-21-7-9-22(10-8-21)28(29,30)31/h7-16H,6,17-18H2,1-5H3. The fourth-order valence-corrected chi connectivity index (χ4v) is 6.65. The first-order valence-electron chi connectivity index (χ1n) is 11.6. The minimum absolute atomic E-state index is 0.0980. The Kier molecular flexibility index (Phi) is 8.07. The Balaban J connectivity index is 1.77. The molecule has 3 aromatic rings. The summed E-state index contributed by atoms with van der Waals surface area (Å²) < 4.78 is 68.9. The van der Waals surface area contributed by atoms with Crippen LogP contribution in [0.5, 0.6) is 11.5 Å². The third kappa shape index (κ3) is 6.71. The van der Waals surface area contributed by atoms with Gasteiger partial charge in [0.25, 0.3) is 0 Å². The third-order valence-electron chi connectivity index (χ3n) is 5.96. The van der Waals surface area contributed by atoms with Gasteiger partial charge in [0, 0.05) is 9.79 Å². The maximum Gasteiger partial charge on any atom is 0.416 e. The molecule has 0 aliphatic heterocycles. The molecule has 0 radical (unpaired) electrons. The van der Waals surface area contributed by atoms with Crippen LogP contribution in [-0.4, -0.2) is 35.9 Å². The first-order valence-corrected chi connectivity index (χ1v) is 14.4. The van der Waals surface area contributed by atoms with Crippen LogP contribution in [0.3, 0.4) is 0 Å². The van der Waals surface area contributed by atoms with Crippen molar-refractivity contribution in [1.29, 1.82) is 0 Å². The SMILES string of the molecule is CCOC(=O)COc1ccc(S(C)(C)(=O)c2ccc(OCc3ccc(C(F)(F)F)cc3)cc2C)cc1C. The highest BCUT2D eigenvalue weighted by Crippen LogP contribution is 2.42. The Morgan fingerprint density at radius 2 is 1.57 bits per heavy atom. The molecule has 0 unspecified atom stereocenters. The number of aryl methyl sites for hydroxylation is 2. The van der Waals surface area contributed by atoms with Gasteiger partial charge in [0.15, 0.2) is 6.61 Å². The number of ether oxygens (including phenoxy) is 3. The van der Waals surface area contributed by atoms with Crippen molar-refractivity contribution < 1.29 is 36.4 Å². The number of rotatable bonds is 9. The van der Waals surface area contributed by atoms with Gasteiger partial charge in [-0.3, -0.25) is 4.21 Å². The summed E-state index contributed by atoms with van der Waals surface area (Å²) >= 11 is 0. The largest absolute Gasteiger partial charge is 0.489 e. The highest BCUT2D eigenvalue weighted by molar-refractivity contribution is 8.18. The summed E-state index contributed by atoms with van der Waals surface area (Å²) in [5.74, 6) is 0.557. The van der Waals surface area contributed by atoms with Crippen molar-refractivity contribution in [3.8, 4) is 11.5 Å². The van der Waals surface area contributed by atoms with Crippen LogP contribution in [0.2, 0.25) is 0 Å². The van der Waals surface area contributed by atoms with Gasteiger partial charge in [-0.05, 0) is 98.5 Å². The van der Waals surface area contributed by atoms with E-state index in [-0.39, 0.29) is 19.8 Å². The minimum atomic E-state index is -4.38. The second kappa shape index (κ2) is 10.6. The molecule has 5 nitrogen and oxygen atoms in total. The van der Waals surface area contributed by atoms with Crippen molar-refractivity contribution in [1.82, 2.24) is 0 Å². The predicted molar refractivity (Wildman–Crippen MR) is 137 cm³/mol. The van der Waals surface area contributed by atoms with Crippen LogP contribution >= 0.6 is 0 Å². The van der Waals surface area contributed by atoms with Gasteiger partial charge in [-0.25, -0.2) is 4.79 Å². The number of halogens is 3. The van der Waals surface area contributed by atoms with E-state index in [9.17, 15) is 22.2 Å². The maximum absolute atomic E-state index is 14.4. The van der Waals surface area contributed by atoms with Crippen molar-refractivity contribution in [3.63, 3.8) is 0 Å². The van der Waals surface area contributed by atoms with Gasteiger partial charge in [0.1, 0.15) is 18.1 Å². The van der Waals surface area contributed by atoms with Crippen molar-refractivity contribution in [2.45, 2.75) is 43.3 Å². The van der Waals surface area contributed by atoms with Crippen LogP contribution in [0.4, 0.5) is 13.2 Å². The van der Waals surface area contributed by atoms with Crippen LogP contribution in [0.1, 0.15) is 29.2 Å². The van der Waals surface area contributed by atoms with Crippen LogP contribution in [0, 0.1) is 13.8 Å². The van der Waals surface area contributed by atoms with E-state index in [0.717, 1.165) is 23.3 Å². The van der Waals surface area contributed by atoms with E-state index >= 15 is 0 Å². The van der Waals surface area contributed by atoms with Crippen LogP contribution < -0.4 is 9.47 Å². The minimum Gasteiger partial charge on any atom is -0.489 e. The Labute approximate surface area is 215 Å². The summed E-state index contributed by atoms with van der Waals surface area (Å²) in [5.41, 5.74) is 1.38. The summed E-state index contributed by atoms with van der Waals surface area (Å²) in [6.45, 7) is 5.53. The molecule has 0 aliphatic rings. The number of carbonyl (C=O) groups is 1. The Morgan fingerprint density at radius 1 is 0.892 bits per heavy atom. The van der Waals surface area contributed by atoms with Crippen molar-refractivity contribution >= 4 is 15.0 Å². The fourth-order valence-electron chi connectivity index (χ4n) is 3.95. The zero-order valence-corrected chi connectivity index (χ0v) is 22.3. The fraction of sp³-hybridized carbons (Fsp3) is 0.321. The van der Waals surface area contributed by atoms with Gasteiger partial charge < -0.3 is 14.2 Å². The number of benzene rings is 3. The number of hydrogen-bond acceptors (Lipinski definition) is 5. The molecule has 200 valence electrons. The van der Waals surface area contributed by atoms with E-state index in [4.69, 9.17) is 14.2 Å². The molecule has 0 N–H and O–H groups in total. The number of hydrogen-bond donors (Lipinski definition) is 0. The quantitative estimate of drug-likeness (QED) is 0.299. The molecule has 0 amide bonds. The number of carbonyl (C=O) groups excluding carboxylic acids is 1. The van der Waals surface area contributed by atoms with E-state index in [1.807, 2.05) is 13.8 Å². The molecule has 0 aromatic heterocycles. The number of esters is 1. The van der Waals surface area contributed by atoms with Gasteiger partial charge in [0.05, 0.1) is 12.2 Å². The molecule has 9 heteroatoms. The third-order valence-corrected chi connectivity index (χ3v) is 9.32. The summed E-state index contributed by atoms with van der Waals surface area (Å²) in [5, 5.41) is 0. The van der Waals surface area contributed by atoms with E-state index in [0.29, 0.717) is 26.9 Å². The van der Waals surface area contributed by atoms with E-state index < -0.39 is 26.8 Å². The molecule has 0 saturated carbocycles. The molecule has 0 aliphatic carbocycles. The van der Waals surface area contributed by atoms with Gasteiger partial charge in [0.2, 0.25) is 0 Å². The molecule has 0 spiro atoms. The Hall–Kier alpha value is -3.33. The van der Waals surface area contributed by atoms with Gasteiger partial charge in [-0.2, -0.15) is 13.2 Å². The summed E-state index contributed by atoms with van der Waals surface area (Å²) in [6.07, 6.45) is -0.975. The molecule has 0 atom stereocenters. The Morgan fingerprint density at radius 3 is 2.14 bits per heavy atom. The molecular formula is C28H31F3O5S. The van der Waals surface area contributed by atoms with Gasteiger partial charge in [-0.15, -0.1) is 0 Å². The lowest BCUT2D eigenvalue weighted by molar-refractivity contribution is -0.145. The molecular weight excluding hydrogens is 505 g/mol. The lowest BCUT2D eigenvalue weighted by Crippen LogP contribution is -2.31. The molecule has 0 saturated heterocycles. The zero-order valence-electron chi connectivity index (χ0n) is 21.5. The van der Waals surface area contributed by atoms with Crippen molar-refractivity contribution in [3.05, 3.63) is 82.9 Å². The first-order chi connectivity index (χ1) is 17.2. The van der Waals surface area contributed by atoms with E-state index in [1.54, 1.807) is 55.8 Å². The van der Waals surface area contributed by atoms with Crippen LogP contribution in [-0.2, 0) is 31.4 Å². The highest BCUT2D eigenvalue weighted by atomic mass is 32.3. The summed E-state index contributed by atoms with van der Waals surface area (Å²) in [6, 6.07) is 15.3. The lowest BCUT2D eigenvalue weighted by Gasteiger charge is -2.36. The summed E-state index contributed by atoms with van der Waals surface area (Å²) in [7, 11) is -3.50. The maximum atomic E-state index is 14.4. The number of alkyl halides is 3. The normalized spacial score (nSPS) is 12.9. The topological polar surface area (TPSA) is 61.8 Å². The van der Waals surface area contributed by atoms with Crippen molar-refractivity contribution in [2.75, 3.05) is 25.7 Å². The lowest BCUT2D eigenvalue weighted by atomic mass is 10.1. The molecule has 0 heterocycles.